The number of amides is 1. The second kappa shape index (κ2) is 5.08. The van der Waals surface area contributed by atoms with Gasteiger partial charge in [-0.1, -0.05) is 6.58 Å². The molecular formula is C12H13NO5S. The predicted molar refractivity (Wildman–Crippen MR) is 68.1 cm³/mol. The molecule has 1 fully saturated rings. The molecule has 0 aromatic rings. The number of carboxylic acid groups (broad SMARTS) is 1. The molecular weight excluding hydrogens is 270 g/mol. The Morgan fingerprint density at radius 2 is 2.26 bits per heavy atom. The lowest BCUT2D eigenvalue weighted by atomic mass is 10.1. The van der Waals surface area contributed by atoms with Gasteiger partial charge in [0.1, 0.15) is 12.3 Å². The van der Waals surface area contributed by atoms with Crippen LogP contribution < -0.4 is 0 Å². The van der Waals surface area contributed by atoms with Crippen molar-refractivity contribution >= 4 is 29.6 Å². The highest BCUT2D eigenvalue weighted by atomic mass is 32.2. The summed E-state index contributed by atoms with van der Waals surface area (Å²) in [5.74, 6) is -1.50. The summed E-state index contributed by atoms with van der Waals surface area (Å²) in [6, 6.07) is 0. The van der Waals surface area contributed by atoms with Crippen molar-refractivity contribution in [3.8, 4) is 0 Å². The monoisotopic (exact) mass is 283 g/mol. The highest BCUT2D eigenvalue weighted by Gasteiger charge is 2.45. The van der Waals surface area contributed by atoms with Gasteiger partial charge in [-0.2, -0.15) is 0 Å². The zero-order valence-electron chi connectivity index (χ0n) is 10.3. The third kappa shape index (κ3) is 2.51. The standard InChI is InChI=1S/C12H13NO5S/c1-6(2)12(17)18-4-7-5-19-9-3-8(14)13(9)10(7)11(15)16/h9H,1,3-5H2,2H3,(H,15,16)/t9-/m0/s1. The van der Waals surface area contributed by atoms with Gasteiger partial charge < -0.3 is 9.84 Å². The number of carboxylic acids is 1. The van der Waals surface area contributed by atoms with Crippen LogP contribution in [0.2, 0.25) is 0 Å². The number of nitrogens with zero attached hydrogens (tertiary/aromatic N) is 1. The van der Waals surface area contributed by atoms with E-state index in [0.29, 0.717) is 17.7 Å². The molecule has 2 rings (SSSR count). The minimum atomic E-state index is -1.17. The molecule has 0 bridgehead atoms. The minimum Gasteiger partial charge on any atom is -0.477 e. The molecule has 1 saturated heterocycles. The summed E-state index contributed by atoms with van der Waals surface area (Å²) in [5.41, 5.74) is 0.643. The second-order valence-corrected chi connectivity index (χ2v) is 5.51. The van der Waals surface area contributed by atoms with Crippen LogP contribution >= 0.6 is 11.8 Å². The van der Waals surface area contributed by atoms with Crippen LogP contribution in [0.4, 0.5) is 0 Å². The molecule has 1 amide bonds. The van der Waals surface area contributed by atoms with Crippen molar-refractivity contribution in [2.45, 2.75) is 18.7 Å². The third-order valence-corrected chi connectivity index (χ3v) is 4.14. The van der Waals surface area contributed by atoms with Gasteiger partial charge in [0.15, 0.2) is 0 Å². The fourth-order valence-electron chi connectivity index (χ4n) is 1.86. The van der Waals surface area contributed by atoms with Crippen molar-refractivity contribution in [3.63, 3.8) is 0 Å². The topological polar surface area (TPSA) is 83.9 Å². The average Bonchev–Trinajstić information content (AvgIpc) is 2.34. The molecule has 0 aliphatic carbocycles. The lowest BCUT2D eigenvalue weighted by Gasteiger charge is -2.43. The average molecular weight is 283 g/mol. The number of fused-ring (bicyclic) bond motifs is 1. The van der Waals surface area contributed by atoms with Crippen LogP contribution in [0.1, 0.15) is 13.3 Å². The van der Waals surface area contributed by atoms with E-state index in [1.807, 2.05) is 0 Å². The number of thioether (sulfide) groups is 1. The fraction of sp³-hybridized carbons (Fsp3) is 0.417. The number of β-lactam (4-membered cyclic amide) rings is 1. The predicted octanol–water partition coefficient (Wildman–Crippen LogP) is 0.750. The molecule has 102 valence electrons. The number of esters is 1. The van der Waals surface area contributed by atoms with Crippen molar-refractivity contribution in [2.75, 3.05) is 12.4 Å². The molecule has 0 aromatic heterocycles. The SMILES string of the molecule is C=C(C)C(=O)OCC1=C(C(=O)O)N2C(=O)C[C@@H]2SC1. The fourth-order valence-corrected chi connectivity index (χ4v) is 3.11. The molecule has 19 heavy (non-hydrogen) atoms. The summed E-state index contributed by atoms with van der Waals surface area (Å²) in [5, 5.41) is 9.11. The van der Waals surface area contributed by atoms with Crippen molar-refractivity contribution in [3.05, 3.63) is 23.4 Å². The van der Waals surface area contributed by atoms with E-state index in [2.05, 4.69) is 6.58 Å². The smallest absolute Gasteiger partial charge is 0.352 e. The summed E-state index contributed by atoms with van der Waals surface area (Å²) < 4.78 is 4.96. The highest BCUT2D eigenvalue weighted by molar-refractivity contribution is 8.00. The molecule has 2 heterocycles. The Hall–Kier alpha value is -1.76. The molecule has 7 heteroatoms. The van der Waals surface area contributed by atoms with Crippen molar-refractivity contribution < 1.29 is 24.2 Å². The zero-order valence-corrected chi connectivity index (χ0v) is 11.2. The maximum Gasteiger partial charge on any atom is 0.352 e. The van der Waals surface area contributed by atoms with Gasteiger partial charge in [0.25, 0.3) is 0 Å². The van der Waals surface area contributed by atoms with Crippen molar-refractivity contribution in [1.82, 2.24) is 4.90 Å². The molecule has 2 aliphatic heterocycles. The van der Waals surface area contributed by atoms with Crippen LogP contribution in [0, 0.1) is 0 Å². The Balaban J connectivity index is 2.17. The van der Waals surface area contributed by atoms with Gasteiger partial charge in [0.2, 0.25) is 5.91 Å². The molecule has 0 saturated carbocycles. The van der Waals surface area contributed by atoms with Crippen LogP contribution in [0.3, 0.4) is 0 Å². The first kappa shape index (κ1) is 13.7. The molecule has 1 N–H and O–H groups in total. The van der Waals surface area contributed by atoms with Crippen molar-refractivity contribution in [2.24, 2.45) is 0 Å². The number of aliphatic carboxylic acids is 1. The summed E-state index contributed by atoms with van der Waals surface area (Å²) in [6.07, 6.45) is 0.361. The van der Waals surface area contributed by atoms with Gasteiger partial charge in [-0.3, -0.25) is 9.69 Å². The van der Waals surface area contributed by atoms with E-state index in [4.69, 9.17) is 4.74 Å². The zero-order chi connectivity index (χ0) is 14.2. The lowest BCUT2D eigenvalue weighted by molar-refractivity contribution is -0.146. The molecule has 0 spiro atoms. The van der Waals surface area contributed by atoms with Crippen LogP contribution in [0.25, 0.3) is 0 Å². The van der Waals surface area contributed by atoms with E-state index < -0.39 is 11.9 Å². The molecule has 1 atom stereocenters. The molecule has 0 aromatic carbocycles. The van der Waals surface area contributed by atoms with Crippen LogP contribution in [0.15, 0.2) is 23.4 Å². The molecule has 0 radical (unpaired) electrons. The largest absolute Gasteiger partial charge is 0.477 e. The van der Waals surface area contributed by atoms with E-state index in [1.165, 1.54) is 23.6 Å². The number of hydrogen-bond donors (Lipinski definition) is 1. The van der Waals surface area contributed by atoms with Gasteiger partial charge in [-0.25, -0.2) is 9.59 Å². The number of carbonyl (C=O) groups excluding carboxylic acids is 2. The number of ether oxygens (including phenoxy) is 1. The normalized spacial score (nSPS) is 21.6. The minimum absolute atomic E-state index is 0.0467. The quantitative estimate of drug-likeness (QED) is 0.465. The van der Waals surface area contributed by atoms with Crippen LogP contribution in [0.5, 0.6) is 0 Å². The van der Waals surface area contributed by atoms with Crippen LogP contribution in [-0.4, -0.2) is 45.6 Å². The maximum atomic E-state index is 11.5. The lowest BCUT2D eigenvalue weighted by Crippen LogP contribution is -2.54. The summed E-state index contributed by atoms with van der Waals surface area (Å²) in [4.78, 5) is 35.3. The summed E-state index contributed by atoms with van der Waals surface area (Å²) >= 11 is 1.48. The Morgan fingerprint density at radius 3 is 2.79 bits per heavy atom. The van der Waals surface area contributed by atoms with Gasteiger partial charge >= 0.3 is 11.9 Å². The Labute approximate surface area is 114 Å². The van der Waals surface area contributed by atoms with Crippen LogP contribution in [-0.2, 0) is 19.1 Å². The first-order valence-electron chi connectivity index (χ1n) is 5.63. The van der Waals surface area contributed by atoms with Crippen molar-refractivity contribution in [1.29, 1.82) is 0 Å². The van der Waals surface area contributed by atoms with E-state index in [-0.39, 0.29) is 29.2 Å². The number of hydrogen-bond acceptors (Lipinski definition) is 5. The van der Waals surface area contributed by atoms with Gasteiger partial charge in [-0.05, 0) is 6.92 Å². The first-order chi connectivity index (χ1) is 8.91. The van der Waals surface area contributed by atoms with E-state index in [0.717, 1.165) is 0 Å². The maximum absolute atomic E-state index is 11.5. The summed E-state index contributed by atoms with van der Waals surface area (Å²) in [7, 11) is 0. The number of rotatable bonds is 4. The number of carbonyl (C=O) groups is 3. The second-order valence-electron chi connectivity index (χ2n) is 4.35. The van der Waals surface area contributed by atoms with Gasteiger partial charge in [0.05, 0.1) is 11.8 Å². The van der Waals surface area contributed by atoms with E-state index >= 15 is 0 Å². The van der Waals surface area contributed by atoms with Gasteiger partial charge in [0, 0.05) is 16.9 Å². The molecule has 6 nitrogen and oxygen atoms in total. The van der Waals surface area contributed by atoms with Gasteiger partial charge in [-0.15, -0.1) is 11.8 Å². The molecule has 0 unspecified atom stereocenters. The Morgan fingerprint density at radius 1 is 1.58 bits per heavy atom. The third-order valence-electron chi connectivity index (χ3n) is 2.86. The Bertz CT molecular complexity index is 510. The molecule has 2 aliphatic rings. The summed E-state index contributed by atoms with van der Waals surface area (Å²) in [6.45, 7) is 4.83. The highest BCUT2D eigenvalue weighted by Crippen LogP contribution is 2.39. The first-order valence-corrected chi connectivity index (χ1v) is 6.68. The van der Waals surface area contributed by atoms with E-state index in [1.54, 1.807) is 0 Å². The Kier molecular flexibility index (Phi) is 3.66. The van der Waals surface area contributed by atoms with E-state index in [9.17, 15) is 19.5 Å².